The van der Waals surface area contributed by atoms with Gasteiger partial charge in [0.15, 0.2) is 0 Å². The molecule has 23 heavy (non-hydrogen) atoms. The van der Waals surface area contributed by atoms with E-state index in [9.17, 15) is 9.90 Å². The molecule has 0 saturated carbocycles. The summed E-state index contributed by atoms with van der Waals surface area (Å²) < 4.78 is 5.27. The minimum Gasteiger partial charge on any atom is -0.444 e. The molecule has 0 aliphatic heterocycles. The van der Waals surface area contributed by atoms with E-state index in [2.05, 4.69) is 17.2 Å². The Morgan fingerprint density at radius 2 is 2.13 bits per heavy atom. The van der Waals surface area contributed by atoms with Crippen LogP contribution in [-0.4, -0.2) is 28.4 Å². The highest BCUT2D eigenvalue weighted by Gasteiger charge is 2.18. The molecule has 0 fully saturated rings. The molecular weight excluding hydrogens is 292 g/mol. The number of carbonyl (C=O) groups is 1. The number of nitrogens with one attached hydrogen (secondary N) is 1. The first-order chi connectivity index (χ1) is 10.8. The van der Waals surface area contributed by atoms with Crippen molar-refractivity contribution in [3.05, 3.63) is 29.0 Å². The number of aliphatic hydroxyl groups is 1. The topological polar surface area (TPSA) is 71.5 Å². The number of pyridine rings is 1. The molecule has 0 bridgehead atoms. The lowest BCUT2D eigenvalue weighted by Crippen LogP contribution is -2.27. The van der Waals surface area contributed by atoms with Gasteiger partial charge in [-0.05, 0) is 63.8 Å². The fraction of sp³-hybridized carbons (Fsp3) is 0.556. The highest BCUT2D eigenvalue weighted by atomic mass is 16.6. The number of aromatic nitrogens is 1. The van der Waals surface area contributed by atoms with Crippen LogP contribution < -0.4 is 5.32 Å². The number of hydrogen-bond acceptors (Lipinski definition) is 4. The van der Waals surface area contributed by atoms with E-state index in [4.69, 9.17) is 4.74 Å². The van der Waals surface area contributed by atoms with E-state index in [1.165, 1.54) is 0 Å². The predicted molar refractivity (Wildman–Crippen MR) is 93.4 cm³/mol. The van der Waals surface area contributed by atoms with E-state index in [1.807, 2.05) is 39.8 Å². The van der Waals surface area contributed by atoms with E-state index in [0.717, 1.165) is 36.0 Å². The molecule has 0 unspecified atom stereocenters. The summed E-state index contributed by atoms with van der Waals surface area (Å²) >= 11 is 0. The van der Waals surface area contributed by atoms with Gasteiger partial charge in [0, 0.05) is 11.8 Å². The van der Waals surface area contributed by atoms with Crippen LogP contribution >= 0.6 is 0 Å². The number of aryl methyl sites for hydroxylation is 1. The van der Waals surface area contributed by atoms with Gasteiger partial charge in [-0.2, -0.15) is 0 Å². The van der Waals surface area contributed by atoms with Crippen molar-refractivity contribution in [2.24, 2.45) is 0 Å². The van der Waals surface area contributed by atoms with Crippen LogP contribution in [0.4, 0.5) is 10.6 Å². The van der Waals surface area contributed by atoms with E-state index >= 15 is 0 Å². The third-order valence-electron chi connectivity index (χ3n) is 3.23. The number of anilines is 1. The number of nitrogens with zero attached hydrogens (tertiary/aromatic N) is 1. The van der Waals surface area contributed by atoms with Crippen LogP contribution in [0.15, 0.2) is 17.8 Å². The van der Waals surface area contributed by atoms with E-state index < -0.39 is 11.7 Å². The Morgan fingerprint density at radius 3 is 2.70 bits per heavy atom. The Balaban J connectivity index is 3.04. The normalized spacial score (nSPS) is 12.2. The first-order valence-electron chi connectivity index (χ1n) is 8.02. The average molecular weight is 320 g/mol. The third-order valence-corrected chi connectivity index (χ3v) is 3.23. The van der Waals surface area contributed by atoms with Gasteiger partial charge in [-0.3, -0.25) is 5.32 Å². The van der Waals surface area contributed by atoms with Gasteiger partial charge in [0.25, 0.3) is 0 Å². The number of aliphatic hydroxyl groups excluding tert-OH is 1. The molecule has 128 valence electrons. The van der Waals surface area contributed by atoms with Gasteiger partial charge in [0.05, 0.1) is 6.61 Å². The average Bonchev–Trinajstić information content (AvgIpc) is 2.44. The van der Waals surface area contributed by atoms with Gasteiger partial charge < -0.3 is 9.84 Å². The summed E-state index contributed by atoms with van der Waals surface area (Å²) in [5.41, 5.74) is 2.14. The zero-order valence-corrected chi connectivity index (χ0v) is 14.8. The van der Waals surface area contributed by atoms with E-state index in [1.54, 1.807) is 6.20 Å². The largest absolute Gasteiger partial charge is 0.444 e. The Morgan fingerprint density at radius 1 is 1.43 bits per heavy atom. The number of carbonyl (C=O) groups excluding carboxylic acids is 1. The minimum atomic E-state index is -0.568. The molecule has 1 aromatic heterocycles. The van der Waals surface area contributed by atoms with E-state index in [0.29, 0.717) is 5.82 Å². The smallest absolute Gasteiger partial charge is 0.413 e. The Labute approximate surface area is 138 Å². The van der Waals surface area contributed by atoms with Crippen molar-refractivity contribution in [1.82, 2.24) is 4.98 Å². The van der Waals surface area contributed by atoms with Crippen molar-refractivity contribution < 1.29 is 14.6 Å². The van der Waals surface area contributed by atoms with Crippen LogP contribution in [0.25, 0.3) is 6.08 Å². The van der Waals surface area contributed by atoms with Crippen LogP contribution in [-0.2, 0) is 4.74 Å². The van der Waals surface area contributed by atoms with E-state index in [-0.39, 0.29) is 6.61 Å². The lowest BCUT2D eigenvalue weighted by Gasteiger charge is -2.20. The molecule has 0 atom stereocenters. The highest BCUT2D eigenvalue weighted by Crippen LogP contribution is 2.22. The number of hydrogen-bond donors (Lipinski definition) is 2. The zero-order chi connectivity index (χ0) is 17.5. The molecule has 1 aromatic rings. The molecule has 2 N–H and O–H groups in total. The number of amides is 1. The van der Waals surface area contributed by atoms with Crippen LogP contribution in [0, 0.1) is 6.92 Å². The maximum absolute atomic E-state index is 12.0. The number of rotatable bonds is 6. The summed E-state index contributed by atoms with van der Waals surface area (Å²) in [7, 11) is 0. The Kier molecular flexibility index (Phi) is 7.23. The Bertz CT molecular complexity index is 560. The molecule has 1 heterocycles. The maximum Gasteiger partial charge on any atom is 0.413 e. The zero-order valence-electron chi connectivity index (χ0n) is 14.8. The first kappa shape index (κ1) is 19.2. The minimum absolute atomic E-state index is 0.000210. The van der Waals surface area contributed by atoms with Crippen LogP contribution in [0.2, 0.25) is 0 Å². The van der Waals surface area contributed by atoms with Crippen molar-refractivity contribution in [1.29, 1.82) is 0 Å². The molecule has 0 aliphatic rings. The third kappa shape index (κ3) is 6.82. The standard InChI is InChI=1S/C18H28N2O3/c1-6-7-8-14(12-21)11-15-13(2)9-10-19-16(15)20-17(22)23-18(3,4)5/h9-11,21H,6-8,12H2,1-5H3,(H,19,20,22)/b14-11+. The second-order valence-corrected chi connectivity index (χ2v) is 6.58. The SMILES string of the molecule is CCCC/C(=C\c1c(C)ccnc1NC(=O)OC(C)(C)C)CO. The van der Waals surface area contributed by atoms with Gasteiger partial charge in [-0.25, -0.2) is 9.78 Å². The van der Waals surface area contributed by atoms with Gasteiger partial charge in [-0.1, -0.05) is 13.3 Å². The summed E-state index contributed by atoms with van der Waals surface area (Å²) in [6, 6.07) is 1.88. The van der Waals surface area contributed by atoms with Crippen molar-refractivity contribution in [2.45, 2.75) is 59.5 Å². The molecule has 1 rings (SSSR count). The lowest BCUT2D eigenvalue weighted by molar-refractivity contribution is 0.0635. The summed E-state index contributed by atoms with van der Waals surface area (Å²) in [4.78, 5) is 16.2. The molecule has 0 spiro atoms. The lowest BCUT2D eigenvalue weighted by atomic mass is 10.0. The van der Waals surface area contributed by atoms with Gasteiger partial charge in [-0.15, -0.1) is 0 Å². The molecule has 5 nitrogen and oxygen atoms in total. The predicted octanol–water partition coefficient (Wildman–Crippen LogP) is 4.30. The highest BCUT2D eigenvalue weighted by molar-refractivity contribution is 5.87. The second kappa shape index (κ2) is 8.67. The maximum atomic E-state index is 12.0. The summed E-state index contributed by atoms with van der Waals surface area (Å²) in [6.45, 7) is 9.49. The molecule has 0 aliphatic carbocycles. The molecule has 5 heteroatoms. The summed E-state index contributed by atoms with van der Waals surface area (Å²) in [6.07, 6.45) is 5.92. The monoisotopic (exact) mass is 320 g/mol. The van der Waals surface area contributed by atoms with Crippen molar-refractivity contribution in [3.8, 4) is 0 Å². The molecular formula is C18H28N2O3. The quantitative estimate of drug-likeness (QED) is 0.819. The van der Waals surface area contributed by atoms with Crippen LogP contribution in [0.1, 0.15) is 58.1 Å². The van der Waals surface area contributed by atoms with Crippen molar-refractivity contribution in [3.63, 3.8) is 0 Å². The summed E-state index contributed by atoms with van der Waals surface area (Å²) in [5.74, 6) is 0.446. The molecule has 0 aromatic carbocycles. The van der Waals surface area contributed by atoms with Gasteiger partial charge in [0.2, 0.25) is 0 Å². The molecule has 1 amide bonds. The second-order valence-electron chi connectivity index (χ2n) is 6.58. The van der Waals surface area contributed by atoms with Gasteiger partial charge in [0.1, 0.15) is 11.4 Å². The van der Waals surface area contributed by atoms with Crippen LogP contribution in [0.3, 0.4) is 0 Å². The fourth-order valence-electron chi connectivity index (χ4n) is 2.06. The van der Waals surface area contributed by atoms with Crippen molar-refractivity contribution >= 4 is 18.0 Å². The Hall–Kier alpha value is -1.88. The number of unbranched alkanes of at least 4 members (excludes halogenated alkanes) is 1. The summed E-state index contributed by atoms with van der Waals surface area (Å²) in [5, 5.41) is 12.2. The van der Waals surface area contributed by atoms with Crippen molar-refractivity contribution in [2.75, 3.05) is 11.9 Å². The number of ether oxygens (including phenoxy) is 1. The first-order valence-corrected chi connectivity index (χ1v) is 8.02. The molecule has 0 radical (unpaired) electrons. The van der Waals surface area contributed by atoms with Crippen LogP contribution in [0.5, 0.6) is 0 Å². The fourth-order valence-corrected chi connectivity index (χ4v) is 2.06. The molecule has 0 saturated heterocycles. The van der Waals surface area contributed by atoms with Gasteiger partial charge >= 0.3 is 6.09 Å².